The third-order valence-corrected chi connectivity index (χ3v) is 6.48. The number of likely N-dealkylation sites (tertiary alicyclic amines) is 1. The molecule has 1 unspecified atom stereocenters. The first-order valence-corrected chi connectivity index (χ1v) is 10.4. The number of primary amides is 1. The van der Waals surface area contributed by atoms with Crippen LogP contribution in [0.15, 0.2) is 18.2 Å². The number of nitrogens with two attached hydrogens (primary N) is 1. The third kappa shape index (κ3) is 4.63. The number of hydrogen-bond acceptors (Lipinski definition) is 4. The van der Waals surface area contributed by atoms with Gasteiger partial charge in [-0.3, -0.25) is 9.59 Å². The van der Waals surface area contributed by atoms with E-state index >= 15 is 0 Å². The fraction of sp³-hybridized carbons (Fsp3) is 0.591. The Hall–Kier alpha value is -2.76. The molecule has 2 aliphatic heterocycles. The molecule has 168 valence electrons. The van der Waals surface area contributed by atoms with Crippen molar-refractivity contribution in [3.8, 4) is 6.07 Å². The van der Waals surface area contributed by atoms with E-state index in [9.17, 15) is 22.8 Å². The van der Waals surface area contributed by atoms with E-state index in [1.165, 1.54) is 6.07 Å². The Morgan fingerprint density at radius 1 is 1.29 bits per heavy atom. The van der Waals surface area contributed by atoms with Crippen molar-refractivity contribution in [3.63, 3.8) is 0 Å². The quantitative estimate of drug-likeness (QED) is 0.785. The number of carbonyl (C=O) groups is 2. The molecule has 9 heteroatoms. The van der Waals surface area contributed by atoms with Gasteiger partial charge in [0.1, 0.15) is 0 Å². The van der Waals surface area contributed by atoms with Crippen LogP contribution in [0.5, 0.6) is 0 Å². The number of amides is 2. The fourth-order valence-corrected chi connectivity index (χ4v) is 4.80. The van der Waals surface area contributed by atoms with E-state index in [0.717, 1.165) is 12.1 Å². The van der Waals surface area contributed by atoms with Crippen LogP contribution in [0.25, 0.3) is 0 Å². The second kappa shape index (κ2) is 8.40. The van der Waals surface area contributed by atoms with E-state index in [1.54, 1.807) is 15.9 Å². The van der Waals surface area contributed by atoms with Crippen LogP contribution in [-0.4, -0.2) is 42.9 Å². The lowest BCUT2D eigenvalue weighted by molar-refractivity contribution is -0.138. The highest BCUT2D eigenvalue weighted by molar-refractivity contribution is 5.80. The molecule has 6 nitrogen and oxygen atoms in total. The van der Waals surface area contributed by atoms with Crippen molar-refractivity contribution in [1.82, 2.24) is 4.90 Å². The van der Waals surface area contributed by atoms with Crippen molar-refractivity contribution in [2.75, 3.05) is 31.1 Å². The number of benzene rings is 1. The molecule has 2 aliphatic rings. The maximum Gasteiger partial charge on any atom is 0.417 e. The summed E-state index contributed by atoms with van der Waals surface area (Å²) in [5.74, 6) is -0.658. The van der Waals surface area contributed by atoms with Crippen molar-refractivity contribution in [2.24, 2.45) is 23.0 Å². The average Bonchev–Trinajstić information content (AvgIpc) is 3.06. The maximum atomic E-state index is 13.4. The van der Waals surface area contributed by atoms with Gasteiger partial charge < -0.3 is 15.5 Å². The molecule has 3 rings (SSSR count). The first-order chi connectivity index (χ1) is 14.5. The summed E-state index contributed by atoms with van der Waals surface area (Å²) in [5.41, 5.74) is 4.09. The number of rotatable bonds is 4. The molecule has 2 N–H and O–H groups in total. The Balaban J connectivity index is 1.83. The molecule has 2 amide bonds. The summed E-state index contributed by atoms with van der Waals surface area (Å²) in [6.45, 7) is 5.57. The van der Waals surface area contributed by atoms with Crippen molar-refractivity contribution in [1.29, 1.82) is 5.26 Å². The number of alkyl halides is 3. The number of hydrogen-bond donors (Lipinski definition) is 1. The van der Waals surface area contributed by atoms with Crippen LogP contribution < -0.4 is 10.6 Å². The van der Waals surface area contributed by atoms with Gasteiger partial charge >= 0.3 is 6.18 Å². The smallest absolute Gasteiger partial charge is 0.370 e. The van der Waals surface area contributed by atoms with E-state index in [1.807, 2.05) is 13.8 Å². The lowest BCUT2D eigenvalue weighted by atomic mass is 9.70. The molecule has 1 aromatic rings. The Kier molecular flexibility index (Phi) is 6.21. The first kappa shape index (κ1) is 22.9. The number of nitrogens with zero attached hydrogens (tertiary/aromatic N) is 3. The van der Waals surface area contributed by atoms with Crippen molar-refractivity contribution >= 4 is 17.5 Å². The Bertz CT molecular complexity index is 899. The van der Waals surface area contributed by atoms with Crippen LogP contribution in [0.4, 0.5) is 18.9 Å². The summed E-state index contributed by atoms with van der Waals surface area (Å²) in [5, 5.41) is 9.02. The number of carbonyl (C=O) groups excluding carboxylic acids is 2. The summed E-state index contributed by atoms with van der Waals surface area (Å²) in [6, 6.07) is 5.19. The zero-order valence-electron chi connectivity index (χ0n) is 17.7. The molecule has 1 aromatic carbocycles. The minimum atomic E-state index is -4.65. The summed E-state index contributed by atoms with van der Waals surface area (Å²) in [4.78, 5) is 28.2. The van der Waals surface area contributed by atoms with E-state index < -0.39 is 34.5 Å². The molecular formula is C22H27F3N4O2. The van der Waals surface area contributed by atoms with Gasteiger partial charge in [-0.05, 0) is 37.0 Å². The number of nitriles is 1. The molecule has 2 heterocycles. The van der Waals surface area contributed by atoms with Gasteiger partial charge in [-0.25, -0.2) is 0 Å². The Morgan fingerprint density at radius 2 is 1.94 bits per heavy atom. The highest BCUT2D eigenvalue weighted by Crippen LogP contribution is 2.46. The number of piperidine rings is 1. The molecule has 0 aromatic heterocycles. The van der Waals surface area contributed by atoms with Crippen molar-refractivity contribution < 1.29 is 22.8 Å². The zero-order valence-corrected chi connectivity index (χ0v) is 17.7. The Labute approximate surface area is 179 Å². The van der Waals surface area contributed by atoms with Crippen LogP contribution in [0.1, 0.15) is 44.2 Å². The topological polar surface area (TPSA) is 90.4 Å². The van der Waals surface area contributed by atoms with Crippen LogP contribution in [0, 0.1) is 28.6 Å². The van der Waals surface area contributed by atoms with Crippen LogP contribution in [0.2, 0.25) is 0 Å². The molecule has 1 spiro atoms. The van der Waals surface area contributed by atoms with E-state index in [0.29, 0.717) is 44.6 Å². The van der Waals surface area contributed by atoms with E-state index in [4.69, 9.17) is 11.0 Å². The van der Waals surface area contributed by atoms with Crippen LogP contribution in [-0.2, 0) is 15.8 Å². The van der Waals surface area contributed by atoms with E-state index in [-0.39, 0.29) is 18.4 Å². The highest BCUT2D eigenvalue weighted by Gasteiger charge is 2.51. The summed E-state index contributed by atoms with van der Waals surface area (Å²) >= 11 is 0. The van der Waals surface area contributed by atoms with Gasteiger partial charge in [0.15, 0.2) is 0 Å². The van der Waals surface area contributed by atoms with Crippen molar-refractivity contribution in [2.45, 2.75) is 39.3 Å². The molecule has 0 bridgehead atoms. The second-order valence-electron chi connectivity index (χ2n) is 9.02. The van der Waals surface area contributed by atoms with Gasteiger partial charge in [0.2, 0.25) is 11.8 Å². The molecule has 2 fully saturated rings. The second-order valence-corrected chi connectivity index (χ2v) is 9.02. The highest BCUT2D eigenvalue weighted by atomic mass is 19.4. The van der Waals surface area contributed by atoms with Crippen LogP contribution in [0.3, 0.4) is 0 Å². The van der Waals surface area contributed by atoms with Gasteiger partial charge in [-0.1, -0.05) is 13.8 Å². The molecular weight excluding hydrogens is 409 g/mol. The molecule has 2 saturated heterocycles. The molecule has 31 heavy (non-hydrogen) atoms. The summed E-state index contributed by atoms with van der Waals surface area (Å²) < 4.78 is 40.1. The SMILES string of the molecule is CC(C)CC(=O)N1CCC2(CC1)CN(c1ccc(C#N)c(C(F)(F)F)c1)CC2C(N)=O. The zero-order chi connectivity index (χ0) is 23.0. The lowest BCUT2D eigenvalue weighted by Gasteiger charge is -2.42. The predicted molar refractivity (Wildman–Crippen MR) is 109 cm³/mol. The van der Waals surface area contributed by atoms with Gasteiger partial charge in [0.05, 0.1) is 23.1 Å². The molecule has 0 saturated carbocycles. The largest absolute Gasteiger partial charge is 0.417 e. The summed E-state index contributed by atoms with van der Waals surface area (Å²) in [7, 11) is 0. The molecule has 1 atom stereocenters. The van der Waals surface area contributed by atoms with Gasteiger partial charge in [0, 0.05) is 43.7 Å². The van der Waals surface area contributed by atoms with E-state index in [2.05, 4.69) is 0 Å². The lowest BCUT2D eigenvalue weighted by Crippen LogP contribution is -2.49. The normalized spacial score (nSPS) is 20.9. The third-order valence-electron chi connectivity index (χ3n) is 6.48. The first-order valence-electron chi connectivity index (χ1n) is 10.4. The van der Waals surface area contributed by atoms with Crippen LogP contribution >= 0.6 is 0 Å². The van der Waals surface area contributed by atoms with Gasteiger partial charge in [-0.15, -0.1) is 0 Å². The van der Waals surface area contributed by atoms with Gasteiger partial charge in [-0.2, -0.15) is 18.4 Å². The molecule has 0 radical (unpaired) electrons. The van der Waals surface area contributed by atoms with Gasteiger partial charge in [0.25, 0.3) is 0 Å². The monoisotopic (exact) mass is 436 g/mol. The molecule has 0 aliphatic carbocycles. The minimum Gasteiger partial charge on any atom is -0.370 e. The minimum absolute atomic E-state index is 0.0808. The number of halogens is 3. The average molecular weight is 436 g/mol. The maximum absolute atomic E-state index is 13.4. The standard InChI is InChI=1S/C22H27F3N4O2/c1-14(2)9-19(30)28-7-5-21(6-8-28)13-29(12-18(21)20(27)31)16-4-3-15(11-26)17(10-16)22(23,24)25/h3-4,10,14,18H,5-9,12-13H2,1-2H3,(H2,27,31). The Morgan fingerprint density at radius 3 is 2.45 bits per heavy atom. The fourth-order valence-electron chi connectivity index (χ4n) is 4.80. The number of anilines is 1. The predicted octanol–water partition coefficient (Wildman–Crippen LogP) is 3.15. The summed E-state index contributed by atoms with van der Waals surface area (Å²) in [6.07, 6.45) is -3.04. The van der Waals surface area contributed by atoms with Crippen molar-refractivity contribution in [3.05, 3.63) is 29.3 Å².